The van der Waals surface area contributed by atoms with Crippen LogP contribution in [0.3, 0.4) is 0 Å². The Morgan fingerprint density at radius 1 is 0.966 bits per heavy atom. The van der Waals surface area contributed by atoms with Crippen LogP contribution in [0.15, 0.2) is 88.8 Å². The summed E-state index contributed by atoms with van der Waals surface area (Å²) in [6.45, 7) is 0. The summed E-state index contributed by atoms with van der Waals surface area (Å²) in [6.07, 6.45) is 0. The molecule has 144 valence electrons. The third-order valence-corrected chi connectivity index (χ3v) is 6.38. The summed E-state index contributed by atoms with van der Waals surface area (Å²) in [4.78, 5) is 19.3. The number of amides is 1. The van der Waals surface area contributed by atoms with Gasteiger partial charge in [-0.2, -0.15) is 0 Å². The van der Waals surface area contributed by atoms with Crippen LogP contribution in [0.1, 0.15) is 10.4 Å². The van der Waals surface area contributed by atoms with Crippen LogP contribution in [0.5, 0.6) is 5.75 Å². The van der Waals surface area contributed by atoms with Gasteiger partial charge in [0.1, 0.15) is 0 Å². The molecule has 1 amide bonds. The molecular formula is C23H17ClN2O2Se. The molecule has 0 aliphatic heterocycles. The molecule has 0 fully saturated rings. The Morgan fingerprint density at radius 2 is 1.66 bits per heavy atom. The summed E-state index contributed by atoms with van der Waals surface area (Å²) in [6, 6.07) is 24.5. The SMILES string of the molecule is COc1ccc(-n2c(-c3ccc(Cl)cc3)c[se]c2=NC(=O)c2ccccc2)cc1. The van der Waals surface area contributed by atoms with E-state index in [2.05, 4.69) is 9.93 Å². The maximum atomic E-state index is 12.7. The number of aromatic nitrogens is 1. The predicted octanol–water partition coefficient (Wildman–Crippen LogP) is 4.60. The number of hydrogen-bond acceptors (Lipinski definition) is 2. The standard InChI is InChI=1S/C23H17ClN2O2Se/c1-28-20-13-11-19(12-14-20)26-21(16-7-9-18(24)10-8-16)15-29-23(26)25-22(27)17-5-3-2-4-6-17/h2-15H,1H3. The molecule has 0 N–H and O–H groups in total. The number of carbonyl (C=O) groups excluding carboxylic acids is 1. The van der Waals surface area contributed by atoms with Crippen molar-refractivity contribution in [2.75, 3.05) is 7.11 Å². The molecule has 3 aromatic carbocycles. The van der Waals surface area contributed by atoms with Crippen molar-refractivity contribution in [3.8, 4) is 22.7 Å². The first-order chi connectivity index (χ1) is 14.2. The first kappa shape index (κ1) is 19.5. The Hall–Kier alpha value is -2.85. The van der Waals surface area contributed by atoms with Gasteiger partial charge in [-0.1, -0.05) is 0 Å². The van der Waals surface area contributed by atoms with Crippen LogP contribution in [0.25, 0.3) is 16.9 Å². The van der Waals surface area contributed by atoms with E-state index < -0.39 is 0 Å². The topological polar surface area (TPSA) is 43.6 Å². The van der Waals surface area contributed by atoms with Crippen molar-refractivity contribution in [2.24, 2.45) is 4.99 Å². The predicted molar refractivity (Wildman–Crippen MR) is 116 cm³/mol. The summed E-state index contributed by atoms with van der Waals surface area (Å²) in [5.74, 6) is 0.529. The summed E-state index contributed by atoms with van der Waals surface area (Å²) >= 11 is 5.98. The van der Waals surface area contributed by atoms with Crippen molar-refractivity contribution in [2.45, 2.75) is 0 Å². The monoisotopic (exact) mass is 468 g/mol. The first-order valence-electron chi connectivity index (χ1n) is 8.91. The number of benzene rings is 3. The Balaban J connectivity index is 1.88. The number of carbonyl (C=O) groups is 1. The molecule has 0 saturated heterocycles. The van der Waals surface area contributed by atoms with Gasteiger partial charge in [0, 0.05) is 0 Å². The van der Waals surface area contributed by atoms with Crippen molar-refractivity contribution in [3.63, 3.8) is 0 Å². The number of hydrogen-bond donors (Lipinski definition) is 0. The van der Waals surface area contributed by atoms with Crippen molar-refractivity contribution in [1.29, 1.82) is 0 Å². The zero-order chi connectivity index (χ0) is 20.2. The van der Waals surface area contributed by atoms with Gasteiger partial charge in [-0.25, -0.2) is 0 Å². The molecule has 0 aliphatic rings. The van der Waals surface area contributed by atoms with E-state index in [1.165, 1.54) is 0 Å². The molecule has 1 heterocycles. The van der Waals surface area contributed by atoms with Gasteiger partial charge in [0.2, 0.25) is 0 Å². The van der Waals surface area contributed by atoms with Gasteiger partial charge in [0.25, 0.3) is 0 Å². The number of halogens is 1. The van der Waals surface area contributed by atoms with Gasteiger partial charge >= 0.3 is 180 Å². The van der Waals surface area contributed by atoms with Crippen LogP contribution < -0.4 is 9.10 Å². The molecule has 0 saturated carbocycles. The molecule has 29 heavy (non-hydrogen) atoms. The Morgan fingerprint density at radius 3 is 2.31 bits per heavy atom. The van der Waals surface area contributed by atoms with Crippen LogP contribution in [0.4, 0.5) is 0 Å². The summed E-state index contributed by atoms with van der Waals surface area (Å²) < 4.78 is 8.05. The molecule has 0 bridgehead atoms. The average Bonchev–Trinajstić information content (AvgIpc) is 3.18. The van der Waals surface area contributed by atoms with Crippen LogP contribution in [0.2, 0.25) is 5.02 Å². The molecule has 0 atom stereocenters. The van der Waals surface area contributed by atoms with Crippen LogP contribution in [-0.2, 0) is 0 Å². The van der Waals surface area contributed by atoms with Crippen LogP contribution in [0, 0.1) is 0 Å². The zero-order valence-corrected chi connectivity index (χ0v) is 18.0. The van der Waals surface area contributed by atoms with Crippen molar-refractivity contribution >= 4 is 32.0 Å². The first-order valence-corrected chi connectivity index (χ1v) is 11.1. The molecule has 1 aromatic heterocycles. The van der Waals surface area contributed by atoms with Gasteiger partial charge in [0.15, 0.2) is 0 Å². The fraction of sp³-hybridized carbons (Fsp3) is 0.0435. The summed E-state index contributed by atoms with van der Waals surface area (Å²) in [5, 5.41) is 0.682. The van der Waals surface area contributed by atoms with E-state index in [9.17, 15) is 4.79 Å². The molecule has 4 aromatic rings. The van der Waals surface area contributed by atoms with E-state index in [1.807, 2.05) is 71.3 Å². The maximum absolute atomic E-state index is 12.7. The molecule has 0 unspecified atom stereocenters. The second kappa shape index (κ2) is 8.66. The quantitative estimate of drug-likeness (QED) is 0.412. The van der Waals surface area contributed by atoms with Crippen LogP contribution in [-0.4, -0.2) is 32.1 Å². The van der Waals surface area contributed by atoms with E-state index in [1.54, 1.807) is 19.2 Å². The fourth-order valence-corrected chi connectivity index (χ4v) is 4.95. The number of ether oxygens (including phenoxy) is 1. The normalized spacial score (nSPS) is 11.4. The fourth-order valence-electron chi connectivity index (χ4n) is 2.92. The molecule has 4 nitrogen and oxygen atoms in total. The van der Waals surface area contributed by atoms with E-state index in [0.717, 1.165) is 27.1 Å². The van der Waals surface area contributed by atoms with Crippen molar-refractivity contribution in [1.82, 2.24) is 4.57 Å². The van der Waals surface area contributed by atoms with E-state index in [4.69, 9.17) is 16.3 Å². The van der Waals surface area contributed by atoms with Crippen molar-refractivity contribution < 1.29 is 9.53 Å². The van der Waals surface area contributed by atoms with E-state index in [0.29, 0.717) is 10.6 Å². The average molecular weight is 468 g/mol. The minimum absolute atomic E-state index is 0.0840. The zero-order valence-electron chi connectivity index (χ0n) is 15.6. The Kier molecular flexibility index (Phi) is 5.81. The second-order valence-electron chi connectivity index (χ2n) is 6.23. The van der Waals surface area contributed by atoms with Crippen LogP contribution >= 0.6 is 11.6 Å². The van der Waals surface area contributed by atoms with E-state index in [-0.39, 0.29) is 20.4 Å². The number of methoxy groups -OCH3 is 1. The van der Waals surface area contributed by atoms with Gasteiger partial charge in [0.05, 0.1) is 0 Å². The number of rotatable bonds is 4. The van der Waals surface area contributed by atoms with Crippen molar-refractivity contribution in [3.05, 3.63) is 98.8 Å². The second-order valence-corrected chi connectivity index (χ2v) is 8.42. The van der Waals surface area contributed by atoms with Gasteiger partial charge < -0.3 is 0 Å². The molecule has 0 spiro atoms. The molecular weight excluding hydrogens is 451 g/mol. The minimum atomic E-state index is -0.244. The third-order valence-electron chi connectivity index (χ3n) is 4.40. The van der Waals surface area contributed by atoms with Gasteiger partial charge in [-0.15, -0.1) is 0 Å². The van der Waals surface area contributed by atoms with Gasteiger partial charge in [-0.3, -0.25) is 0 Å². The summed E-state index contributed by atoms with van der Waals surface area (Å²) in [5.41, 5.74) is 3.51. The molecule has 4 rings (SSSR count). The molecule has 0 radical (unpaired) electrons. The Labute approximate surface area is 179 Å². The Bertz CT molecular complexity index is 1190. The van der Waals surface area contributed by atoms with E-state index >= 15 is 0 Å². The third kappa shape index (κ3) is 4.27. The molecule has 0 aliphatic carbocycles. The summed E-state index contributed by atoms with van der Waals surface area (Å²) in [7, 11) is 1.64. The molecule has 6 heteroatoms. The number of nitrogens with zero attached hydrogens (tertiary/aromatic N) is 2. The van der Waals surface area contributed by atoms with Gasteiger partial charge in [-0.05, 0) is 0 Å².